The SMILES string of the molecule is COCCNCCNC(=O)c1csc2ccccc12.Cl. The number of benzene rings is 1. The fraction of sp³-hybridized carbons (Fsp3) is 0.357. The Kier molecular flexibility index (Phi) is 7.54. The molecule has 0 bridgehead atoms. The number of hydrogen-bond acceptors (Lipinski definition) is 4. The lowest BCUT2D eigenvalue weighted by Crippen LogP contribution is -2.32. The van der Waals surface area contributed by atoms with E-state index in [-0.39, 0.29) is 18.3 Å². The number of carbonyl (C=O) groups excluding carboxylic acids is 1. The van der Waals surface area contributed by atoms with Crippen LogP contribution >= 0.6 is 23.7 Å². The van der Waals surface area contributed by atoms with Gasteiger partial charge >= 0.3 is 0 Å². The average molecular weight is 315 g/mol. The van der Waals surface area contributed by atoms with Crippen LogP contribution in [-0.4, -0.2) is 39.3 Å². The van der Waals surface area contributed by atoms with Crippen LogP contribution in [0.15, 0.2) is 29.6 Å². The van der Waals surface area contributed by atoms with Gasteiger partial charge in [-0.2, -0.15) is 0 Å². The summed E-state index contributed by atoms with van der Waals surface area (Å²) in [7, 11) is 1.67. The third-order valence-corrected chi connectivity index (χ3v) is 3.76. The number of fused-ring (bicyclic) bond motifs is 1. The van der Waals surface area contributed by atoms with Gasteiger partial charge in [-0.1, -0.05) is 18.2 Å². The molecule has 0 unspecified atom stereocenters. The Hall–Kier alpha value is -1.14. The van der Waals surface area contributed by atoms with Gasteiger partial charge in [-0.25, -0.2) is 0 Å². The molecule has 2 rings (SSSR count). The smallest absolute Gasteiger partial charge is 0.252 e. The van der Waals surface area contributed by atoms with E-state index < -0.39 is 0 Å². The van der Waals surface area contributed by atoms with Crippen LogP contribution in [0.2, 0.25) is 0 Å². The minimum Gasteiger partial charge on any atom is -0.383 e. The molecule has 0 saturated heterocycles. The average Bonchev–Trinajstić information content (AvgIpc) is 2.86. The first-order valence-electron chi connectivity index (χ1n) is 6.27. The highest BCUT2D eigenvalue weighted by Crippen LogP contribution is 2.25. The van der Waals surface area contributed by atoms with Gasteiger partial charge in [0.05, 0.1) is 12.2 Å². The van der Waals surface area contributed by atoms with Crippen molar-refractivity contribution in [2.75, 3.05) is 33.4 Å². The van der Waals surface area contributed by atoms with Crippen molar-refractivity contribution in [1.29, 1.82) is 0 Å². The van der Waals surface area contributed by atoms with Gasteiger partial charge in [0.1, 0.15) is 0 Å². The van der Waals surface area contributed by atoms with Gasteiger partial charge in [-0.15, -0.1) is 23.7 Å². The van der Waals surface area contributed by atoms with E-state index in [1.165, 1.54) is 0 Å². The molecule has 1 aromatic carbocycles. The van der Waals surface area contributed by atoms with Gasteiger partial charge in [0.2, 0.25) is 0 Å². The number of amides is 1. The summed E-state index contributed by atoms with van der Waals surface area (Å²) in [5, 5.41) is 9.05. The van der Waals surface area contributed by atoms with Crippen molar-refractivity contribution < 1.29 is 9.53 Å². The number of carbonyl (C=O) groups is 1. The van der Waals surface area contributed by atoms with Crippen LogP contribution in [0.25, 0.3) is 10.1 Å². The highest BCUT2D eigenvalue weighted by Gasteiger charge is 2.10. The predicted octanol–water partition coefficient (Wildman–Crippen LogP) is 2.29. The molecule has 0 aliphatic heterocycles. The highest BCUT2D eigenvalue weighted by molar-refractivity contribution is 7.17. The third-order valence-electron chi connectivity index (χ3n) is 2.80. The maximum Gasteiger partial charge on any atom is 0.252 e. The maximum absolute atomic E-state index is 12.1. The summed E-state index contributed by atoms with van der Waals surface area (Å²) >= 11 is 1.60. The van der Waals surface area contributed by atoms with E-state index in [9.17, 15) is 4.79 Å². The Morgan fingerprint density at radius 1 is 1.25 bits per heavy atom. The number of hydrogen-bond donors (Lipinski definition) is 2. The summed E-state index contributed by atoms with van der Waals surface area (Å²) in [4.78, 5) is 12.1. The molecule has 0 fully saturated rings. The summed E-state index contributed by atoms with van der Waals surface area (Å²) in [6.45, 7) is 2.85. The Morgan fingerprint density at radius 3 is 2.85 bits per heavy atom. The first-order valence-corrected chi connectivity index (χ1v) is 7.15. The van der Waals surface area contributed by atoms with Gasteiger partial charge in [-0.05, 0) is 6.07 Å². The zero-order valence-corrected chi connectivity index (χ0v) is 13.0. The van der Waals surface area contributed by atoms with E-state index in [0.717, 1.165) is 28.7 Å². The minimum atomic E-state index is -0.00834. The first-order chi connectivity index (χ1) is 9.33. The molecule has 0 radical (unpaired) electrons. The number of nitrogens with one attached hydrogen (secondary N) is 2. The first kappa shape index (κ1) is 16.9. The zero-order chi connectivity index (χ0) is 13.5. The maximum atomic E-state index is 12.1. The number of halogens is 1. The van der Waals surface area contributed by atoms with Crippen molar-refractivity contribution >= 4 is 39.7 Å². The number of ether oxygens (including phenoxy) is 1. The summed E-state index contributed by atoms with van der Waals surface area (Å²) in [5.74, 6) is -0.00834. The fourth-order valence-electron chi connectivity index (χ4n) is 1.81. The van der Waals surface area contributed by atoms with Gasteiger partial charge in [0.25, 0.3) is 5.91 Å². The van der Waals surface area contributed by atoms with Crippen molar-refractivity contribution in [2.45, 2.75) is 0 Å². The molecule has 0 atom stereocenters. The number of methoxy groups -OCH3 is 1. The van der Waals surface area contributed by atoms with Crippen LogP contribution in [0, 0.1) is 0 Å². The fourth-order valence-corrected chi connectivity index (χ4v) is 2.75. The molecular weight excluding hydrogens is 296 g/mol. The molecule has 0 aliphatic carbocycles. The summed E-state index contributed by atoms with van der Waals surface area (Å²) < 4.78 is 6.07. The van der Waals surface area contributed by atoms with Gasteiger partial charge < -0.3 is 15.4 Å². The lowest BCUT2D eigenvalue weighted by Gasteiger charge is -2.06. The molecule has 1 heterocycles. The van der Waals surface area contributed by atoms with E-state index in [0.29, 0.717) is 13.2 Å². The molecule has 0 spiro atoms. The molecule has 0 aliphatic rings. The molecule has 1 amide bonds. The Morgan fingerprint density at radius 2 is 2.05 bits per heavy atom. The van der Waals surface area contributed by atoms with Gasteiger partial charge in [0, 0.05) is 42.2 Å². The monoisotopic (exact) mass is 314 g/mol. The lowest BCUT2D eigenvalue weighted by molar-refractivity contribution is 0.0955. The van der Waals surface area contributed by atoms with Crippen LogP contribution in [0.1, 0.15) is 10.4 Å². The van der Waals surface area contributed by atoms with Gasteiger partial charge in [0.15, 0.2) is 0 Å². The molecule has 0 saturated carbocycles. The zero-order valence-electron chi connectivity index (χ0n) is 11.3. The van der Waals surface area contributed by atoms with E-state index in [1.807, 2.05) is 29.6 Å². The lowest BCUT2D eigenvalue weighted by atomic mass is 10.1. The summed E-state index contributed by atoms with van der Waals surface area (Å²) in [6, 6.07) is 7.96. The Labute approximate surface area is 128 Å². The molecular formula is C14H19ClN2O2S. The quantitative estimate of drug-likeness (QED) is 0.771. The van der Waals surface area contributed by atoms with Crippen LogP contribution in [-0.2, 0) is 4.74 Å². The van der Waals surface area contributed by atoms with Gasteiger partial charge in [-0.3, -0.25) is 4.79 Å². The van der Waals surface area contributed by atoms with E-state index in [4.69, 9.17) is 4.74 Å². The Bertz CT molecular complexity index is 545. The molecule has 6 heteroatoms. The minimum absolute atomic E-state index is 0. The van der Waals surface area contributed by atoms with Crippen LogP contribution in [0.4, 0.5) is 0 Å². The highest BCUT2D eigenvalue weighted by atomic mass is 35.5. The predicted molar refractivity (Wildman–Crippen MR) is 86.2 cm³/mol. The normalized spacial score (nSPS) is 10.2. The second-order valence-electron chi connectivity index (χ2n) is 4.14. The molecule has 20 heavy (non-hydrogen) atoms. The van der Waals surface area contributed by atoms with Crippen molar-refractivity contribution in [3.8, 4) is 0 Å². The standard InChI is InChI=1S/C14H18N2O2S.ClH/c1-18-9-8-15-6-7-16-14(17)12-10-19-13-5-3-2-4-11(12)13;/h2-5,10,15H,6-9H2,1H3,(H,16,17);1H. The third kappa shape index (κ3) is 4.45. The van der Waals surface area contributed by atoms with Crippen molar-refractivity contribution in [3.05, 3.63) is 35.2 Å². The van der Waals surface area contributed by atoms with Crippen molar-refractivity contribution in [1.82, 2.24) is 10.6 Å². The van der Waals surface area contributed by atoms with E-state index in [2.05, 4.69) is 10.6 Å². The summed E-state index contributed by atoms with van der Waals surface area (Å²) in [6.07, 6.45) is 0. The van der Waals surface area contributed by atoms with Crippen LogP contribution < -0.4 is 10.6 Å². The molecule has 110 valence electrons. The van der Waals surface area contributed by atoms with E-state index >= 15 is 0 Å². The van der Waals surface area contributed by atoms with Crippen LogP contribution in [0.5, 0.6) is 0 Å². The number of thiophene rings is 1. The van der Waals surface area contributed by atoms with E-state index in [1.54, 1.807) is 18.4 Å². The molecule has 1 aromatic heterocycles. The summed E-state index contributed by atoms with van der Waals surface area (Å²) in [5.41, 5.74) is 0.762. The number of rotatable bonds is 7. The topological polar surface area (TPSA) is 50.4 Å². The molecule has 2 N–H and O–H groups in total. The van der Waals surface area contributed by atoms with Crippen molar-refractivity contribution in [2.24, 2.45) is 0 Å². The van der Waals surface area contributed by atoms with Crippen LogP contribution in [0.3, 0.4) is 0 Å². The Balaban J connectivity index is 0.00000200. The van der Waals surface area contributed by atoms with Crippen molar-refractivity contribution in [3.63, 3.8) is 0 Å². The second-order valence-corrected chi connectivity index (χ2v) is 5.06. The largest absolute Gasteiger partial charge is 0.383 e. The molecule has 4 nitrogen and oxygen atoms in total. The second kappa shape index (κ2) is 8.92. The molecule has 2 aromatic rings.